The largest absolute Gasteiger partial charge is 0.382 e. The highest BCUT2D eigenvalue weighted by molar-refractivity contribution is 5.94. The fourth-order valence-electron chi connectivity index (χ4n) is 2.27. The van der Waals surface area contributed by atoms with E-state index in [0.717, 1.165) is 25.1 Å². The summed E-state index contributed by atoms with van der Waals surface area (Å²) in [5.74, 6) is -0.0259. The van der Waals surface area contributed by atoms with Gasteiger partial charge in [0.1, 0.15) is 0 Å². The topological polar surface area (TPSA) is 50.4 Å². The predicted octanol–water partition coefficient (Wildman–Crippen LogP) is 2.42. The summed E-state index contributed by atoms with van der Waals surface area (Å²) in [5, 5.41) is 6.13. The highest BCUT2D eigenvalue weighted by Gasteiger charge is 2.21. The summed E-state index contributed by atoms with van der Waals surface area (Å²) in [6.07, 6.45) is 2.94. The molecule has 0 saturated carbocycles. The van der Waals surface area contributed by atoms with Crippen LogP contribution in [-0.4, -0.2) is 31.2 Å². The molecule has 1 aromatic carbocycles. The third-order valence-electron chi connectivity index (χ3n) is 3.34. The standard InChI is InChI=1S/C15H22N2O2/c1-3-16-15(18)12-5-7-13(8-6-12)17-10-14-9-4-11(2)19-14/h5-8,11,14,17H,3-4,9-10H2,1-2H3,(H,16,18). The quantitative estimate of drug-likeness (QED) is 0.856. The van der Waals surface area contributed by atoms with Gasteiger partial charge in [0.2, 0.25) is 0 Å². The molecule has 1 amide bonds. The Kier molecular flexibility index (Phi) is 4.80. The number of carbonyl (C=O) groups excluding carboxylic acids is 1. The molecule has 19 heavy (non-hydrogen) atoms. The van der Waals surface area contributed by atoms with Gasteiger partial charge in [-0.05, 0) is 51.0 Å². The molecule has 4 heteroatoms. The molecule has 1 aliphatic rings. The molecular formula is C15H22N2O2. The Balaban J connectivity index is 1.83. The van der Waals surface area contributed by atoms with Gasteiger partial charge in [0, 0.05) is 24.3 Å². The number of rotatable bonds is 5. The van der Waals surface area contributed by atoms with Crippen molar-refractivity contribution in [3.63, 3.8) is 0 Å². The molecule has 0 radical (unpaired) electrons. The van der Waals surface area contributed by atoms with E-state index >= 15 is 0 Å². The Labute approximate surface area is 114 Å². The number of nitrogens with one attached hydrogen (secondary N) is 2. The third-order valence-corrected chi connectivity index (χ3v) is 3.34. The molecule has 2 rings (SSSR count). The fraction of sp³-hybridized carbons (Fsp3) is 0.533. The minimum atomic E-state index is -0.0259. The predicted molar refractivity (Wildman–Crippen MR) is 76.5 cm³/mol. The van der Waals surface area contributed by atoms with Gasteiger partial charge in [-0.1, -0.05) is 0 Å². The number of anilines is 1. The first kappa shape index (κ1) is 13.9. The molecule has 2 unspecified atom stereocenters. The molecular weight excluding hydrogens is 240 g/mol. The maximum Gasteiger partial charge on any atom is 0.251 e. The zero-order chi connectivity index (χ0) is 13.7. The number of hydrogen-bond acceptors (Lipinski definition) is 3. The van der Waals surface area contributed by atoms with Crippen LogP contribution in [0, 0.1) is 0 Å². The lowest BCUT2D eigenvalue weighted by Crippen LogP contribution is -2.22. The van der Waals surface area contributed by atoms with Gasteiger partial charge in [0.05, 0.1) is 12.2 Å². The summed E-state index contributed by atoms with van der Waals surface area (Å²) in [5.41, 5.74) is 1.72. The third kappa shape index (κ3) is 3.96. The van der Waals surface area contributed by atoms with Gasteiger partial charge in [-0.25, -0.2) is 0 Å². The van der Waals surface area contributed by atoms with Gasteiger partial charge in [-0.2, -0.15) is 0 Å². The van der Waals surface area contributed by atoms with Gasteiger partial charge >= 0.3 is 0 Å². The van der Waals surface area contributed by atoms with Crippen molar-refractivity contribution in [2.24, 2.45) is 0 Å². The molecule has 104 valence electrons. The lowest BCUT2D eigenvalue weighted by molar-refractivity contribution is 0.0637. The van der Waals surface area contributed by atoms with Crippen molar-refractivity contribution in [3.05, 3.63) is 29.8 Å². The van der Waals surface area contributed by atoms with Crippen LogP contribution in [0.2, 0.25) is 0 Å². The summed E-state index contributed by atoms with van der Waals surface area (Å²) in [4.78, 5) is 11.6. The molecule has 1 aliphatic heterocycles. The molecule has 0 aliphatic carbocycles. The van der Waals surface area contributed by atoms with Crippen LogP contribution < -0.4 is 10.6 Å². The van der Waals surface area contributed by atoms with Crippen LogP contribution in [0.25, 0.3) is 0 Å². The van der Waals surface area contributed by atoms with Gasteiger partial charge < -0.3 is 15.4 Å². The summed E-state index contributed by atoms with van der Waals surface area (Å²) in [6, 6.07) is 7.54. The highest BCUT2D eigenvalue weighted by atomic mass is 16.5. The van der Waals surface area contributed by atoms with Crippen LogP contribution in [0.4, 0.5) is 5.69 Å². The fourth-order valence-corrected chi connectivity index (χ4v) is 2.27. The monoisotopic (exact) mass is 262 g/mol. The minimum absolute atomic E-state index is 0.0259. The molecule has 4 nitrogen and oxygen atoms in total. The van der Waals surface area contributed by atoms with E-state index in [1.807, 2.05) is 31.2 Å². The summed E-state index contributed by atoms with van der Waals surface area (Å²) in [7, 11) is 0. The van der Waals surface area contributed by atoms with E-state index in [9.17, 15) is 4.79 Å². The van der Waals surface area contributed by atoms with E-state index in [2.05, 4.69) is 17.6 Å². The van der Waals surface area contributed by atoms with Crippen molar-refractivity contribution in [3.8, 4) is 0 Å². The van der Waals surface area contributed by atoms with E-state index in [0.29, 0.717) is 24.3 Å². The minimum Gasteiger partial charge on any atom is -0.382 e. The van der Waals surface area contributed by atoms with Crippen molar-refractivity contribution < 1.29 is 9.53 Å². The van der Waals surface area contributed by atoms with Crippen LogP contribution >= 0.6 is 0 Å². The van der Waals surface area contributed by atoms with Crippen LogP contribution in [0.5, 0.6) is 0 Å². The first-order chi connectivity index (χ1) is 9.19. The van der Waals surface area contributed by atoms with Gasteiger partial charge in [0.15, 0.2) is 0 Å². The number of carbonyl (C=O) groups is 1. The second-order valence-electron chi connectivity index (χ2n) is 4.96. The van der Waals surface area contributed by atoms with Crippen LogP contribution in [0.3, 0.4) is 0 Å². The Bertz CT molecular complexity index is 417. The Morgan fingerprint density at radius 2 is 2.05 bits per heavy atom. The van der Waals surface area contributed by atoms with E-state index in [1.165, 1.54) is 0 Å². The molecule has 2 N–H and O–H groups in total. The Morgan fingerprint density at radius 1 is 1.32 bits per heavy atom. The number of ether oxygens (including phenoxy) is 1. The van der Waals surface area contributed by atoms with E-state index in [1.54, 1.807) is 0 Å². The lowest BCUT2D eigenvalue weighted by Gasteiger charge is -2.13. The second kappa shape index (κ2) is 6.57. The van der Waals surface area contributed by atoms with Crippen molar-refractivity contribution in [1.82, 2.24) is 5.32 Å². The Hall–Kier alpha value is -1.55. The molecule has 0 aromatic heterocycles. The van der Waals surface area contributed by atoms with Crippen molar-refractivity contribution in [2.45, 2.75) is 38.9 Å². The normalized spacial score (nSPS) is 22.2. The number of hydrogen-bond donors (Lipinski definition) is 2. The molecule has 0 spiro atoms. The van der Waals surface area contributed by atoms with Gasteiger partial charge in [-0.15, -0.1) is 0 Å². The van der Waals surface area contributed by atoms with Crippen LogP contribution in [-0.2, 0) is 4.74 Å². The maximum absolute atomic E-state index is 11.6. The molecule has 1 saturated heterocycles. The van der Waals surface area contributed by atoms with Crippen LogP contribution in [0.1, 0.15) is 37.0 Å². The van der Waals surface area contributed by atoms with Crippen molar-refractivity contribution in [1.29, 1.82) is 0 Å². The summed E-state index contributed by atoms with van der Waals surface area (Å²) < 4.78 is 5.75. The molecule has 1 heterocycles. The van der Waals surface area contributed by atoms with Gasteiger partial charge in [-0.3, -0.25) is 4.79 Å². The van der Waals surface area contributed by atoms with E-state index in [-0.39, 0.29) is 5.91 Å². The zero-order valence-electron chi connectivity index (χ0n) is 11.6. The SMILES string of the molecule is CCNC(=O)c1ccc(NCC2CCC(C)O2)cc1. The number of amides is 1. The average molecular weight is 262 g/mol. The second-order valence-corrected chi connectivity index (χ2v) is 4.96. The molecule has 2 atom stereocenters. The summed E-state index contributed by atoms with van der Waals surface area (Å²) in [6.45, 7) is 5.50. The lowest BCUT2D eigenvalue weighted by atomic mass is 10.2. The van der Waals surface area contributed by atoms with E-state index in [4.69, 9.17) is 4.74 Å². The molecule has 1 fully saturated rings. The Morgan fingerprint density at radius 3 is 2.63 bits per heavy atom. The zero-order valence-corrected chi connectivity index (χ0v) is 11.6. The van der Waals surface area contributed by atoms with E-state index < -0.39 is 0 Å². The molecule has 0 bridgehead atoms. The van der Waals surface area contributed by atoms with Gasteiger partial charge in [0.25, 0.3) is 5.91 Å². The highest BCUT2D eigenvalue weighted by Crippen LogP contribution is 2.19. The number of benzene rings is 1. The van der Waals surface area contributed by atoms with Crippen molar-refractivity contribution >= 4 is 11.6 Å². The average Bonchev–Trinajstić information content (AvgIpc) is 2.83. The first-order valence-corrected chi connectivity index (χ1v) is 6.96. The van der Waals surface area contributed by atoms with Crippen LogP contribution in [0.15, 0.2) is 24.3 Å². The smallest absolute Gasteiger partial charge is 0.251 e. The molecule has 1 aromatic rings. The first-order valence-electron chi connectivity index (χ1n) is 6.96. The maximum atomic E-state index is 11.6. The summed E-state index contributed by atoms with van der Waals surface area (Å²) >= 11 is 0. The van der Waals surface area contributed by atoms with Crippen molar-refractivity contribution in [2.75, 3.05) is 18.4 Å².